The van der Waals surface area contributed by atoms with E-state index in [2.05, 4.69) is 22.0 Å². The summed E-state index contributed by atoms with van der Waals surface area (Å²) < 4.78 is 11.1. The van der Waals surface area contributed by atoms with Crippen molar-refractivity contribution in [2.75, 3.05) is 11.9 Å². The number of benzene rings is 2. The van der Waals surface area contributed by atoms with Crippen LogP contribution in [0.4, 0.5) is 5.69 Å². The maximum absolute atomic E-state index is 12.8. The standard InChI is InChI=1S/C28H33N3O4S/c1-19-11-12-20(2)24(16-19)35-15-7-13-28(3,4)26(33)31-27(36)30-22-9-5-8-21(17-22)25(32)29-18-23-10-6-14-34-23/h5-6,8-12,14,16-17H,7,13,15,18H2,1-4H3,(H,29,32)(H2,30,31,33,36). The van der Waals surface area contributed by atoms with Crippen LogP contribution in [0, 0.1) is 19.3 Å². The zero-order valence-electron chi connectivity index (χ0n) is 21.1. The van der Waals surface area contributed by atoms with E-state index in [-0.39, 0.29) is 16.9 Å². The lowest BCUT2D eigenvalue weighted by atomic mass is 9.87. The second-order valence-electron chi connectivity index (χ2n) is 9.36. The molecule has 3 N–H and O–H groups in total. The number of anilines is 1. The van der Waals surface area contributed by atoms with Crippen molar-refractivity contribution in [1.82, 2.24) is 10.6 Å². The Balaban J connectivity index is 1.45. The number of hydrogen-bond donors (Lipinski definition) is 3. The van der Waals surface area contributed by atoms with Crippen molar-refractivity contribution >= 4 is 34.8 Å². The predicted octanol–water partition coefficient (Wildman–Crippen LogP) is 5.52. The third-order valence-electron chi connectivity index (χ3n) is 5.77. The van der Waals surface area contributed by atoms with Gasteiger partial charge in [-0.15, -0.1) is 0 Å². The van der Waals surface area contributed by atoms with Gasteiger partial charge in [0.15, 0.2) is 5.11 Å². The molecule has 1 aromatic heterocycles. The van der Waals surface area contributed by atoms with Crippen LogP contribution in [0.15, 0.2) is 65.3 Å². The van der Waals surface area contributed by atoms with Crippen molar-refractivity contribution in [2.45, 2.75) is 47.1 Å². The van der Waals surface area contributed by atoms with E-state index < -0.39 is 5.41 Å². The summed E-state index contributed by atoms with van der Waals surface area (Å²) in [6, 6.07) is 16.6. The summed E-state index contributed by atoms with van der Waals surface area (Å²) in [5.41, 5.74) is 2.67. The average Bonchev–Trinajstić information content (AvgIpc) is 3.36. The van der Waals surface area contributed by atoms with Gasteiger partial charge in [-0.25, -0.2) is 0 Å². The highest BCUT2D eigenvalue weighted by molar-refractivity contribution is 7.80. The lowest BCUT2D eigenvalue weighted by molar-refractivity contribution is -0.128. The molecule has 0 aliphatic rings. The Labute approximate surface area is 217 Å². The molecule has 7 nitrogen and oxygen atoms in total. The van der Waals surface area contributed by atoms with Crippen LogP contribution >= 0.6 is 12.2 Å². The molecular weight excluding hydrogens is 474 g/mol. The summed E-state index contributed by atoms with van der Waals surface area (Å²) in [7, 11) is 0. The van der Waals surface area contributed by atoms with E-state index in [0.717, 1.165) is 23.3 Å². The fourth-order valence-electron chi connectivity index (χ4n) is 3.53. The van der Waals surface area contributed by atoms with Gasteiger partial charge in [0.2, 0.25) is 5.91 Å². The molecule has 190 valence electrons. The van der Waals surface area contributed by atoms with Crippen LogP contribution in [0.25, 0.3) is 0 Å². The molecule has 0 bridgehead atoms. The van der Waals surface area contributed by atoms with Crippen molar-refractivity contribution < 1.29 is 18.7 Å². The Kier molecular flexibility index (Phi) is 9.25. The number of furan rings is 1. The minimum absolute atomic E-state index is 0.174. The Hall–Kier alpha value is -3.65. The average molecular weight is 508 g/mol. The largest absolute Gasteiger partial charge is 0.493 e. The Morgan fingerprint density at radius 3 is 2.61 bits per heavy atom. The zero-order valence-corrected chi connectivity index (χ0v) is 22.0. The van der Waals surface area contributed by atoms with E-state index in [4.69, 9.17) is 21.4 Å². The first-order valence-corrected chi connectivity index (χ1v) is 12.3. The second-order valence-corrected chi connectivity index (χ2v) is 9.76. The summed E-state index contributed by atoms with van der Waals surface area (Å²) in [6.45, 7) is 8.63. The minimum Gasteiger partial charge on any atom is -0.493 e. The third kappa shape index (κ3) is 7.95. The topological polar surface area (TPSA) is 92.6 Å². The second kappa shape index (κ2) is 12.4. The molecule has 0 spiro atoms. The van der Waals surface area contributed by atoms with Crippen LogP contribution in [0.3, 0.4) is 0 Å². The number of carbonyl (C=O) groups excluding carboxylic acids is 2. The lowest BCUT2D eigenvalue weighted by Crippen LogP contribution is -2.42. The summed E-state index contributed by atoms with van der Waals surface area (Å²) in [5, 5.41) is 8.73. The lowest BCUT2D eigenvalue weighted by Gasteiger charge is -2.24. The quantitative estimate of drug-likeness (QED) is 0.247. The Morgan fingerprint density at radius 2 is 1.86 bits per heavy atom. The van der Waals surface area contributed by atoms with Crippen LogP contribution in [-0.2, 0) is 11.3 Å². The van der Waals surface area contributed by atoms with Crippen molar-refractivity contribution in [1.29, 1.82) is 0 Å². The molecule has 0 atom stereocenters. The summed E-state index contributed by atoms with van der Waals surface area (Å²) in [5.74, 6) is 1.12. The number of amides is 2. The van der Waals surface area contributed by atoms with Gasteiger partial charge in [-0.1, -0.05) is 32.0 Å². The molecule has 8 heteroatoms. The van der Waals surface area contributed by atoms with Crippen LogP contribution < -0.4 is 20.7 Å². The maximum atomic E-state index is 12.8. The molecule has 0 saturated carbocycles. The van der Waals surface area contributed by atoms with Crippen LogP contribution in [0.2, 0.25) is 0 Å². The van der Waals surface area contributed by atoms with Crippen molar-refractivity contribution in [3.05, 3.63) is 83.3 Å². The monoisotopic (exact) mass is 507 g/mol. The summed E-state index contributed by atoms with van der Waals surface area (Å²) in [6.07, 6.45) is 2.92. The van der Waals surface area contributed by atoms with Gasteiger partial charge >= 0.3 is 0 Å². The van der Waals surface area contributed by atoms with E-state index in [1.54, 1.807) is 42.7 Å². The molecule has 2 aromatic carbocycles. The molecule has 0 radical (unpaired) electrons. The molecular formula is C28H33N3O4S. The van der Waals surface area contributed by atoms with Crippen molar-refractivity contribution in [3.8, 4) is 5.75 Å². The van der Waals surface area contributed by atoms with Crippen LogP contribution in [0.5, 0.6) is 5.75 Å². The van der Waals surface area contributed by atoms with Gasteiger partial charge in [-0.3, -0.25) is 9.59 Å². The van der Waals surface area contributed by atoms with Gasteiger partial charge in [0.25, 0.3) is 5.91 Å². The molecule has 36 heavy (non-hydrogen) atoms. The number of rotatable bonds is 10. The van der Waals surface area contributed by atoms with Gasteiger partial charge in [0.1, 0.15) is 11.5 Å². The minimum atomic E-state index is -0.635. The normalized spacial score (nSPS) is 11.0. The highest BCUT2D eigenvalue weighted by Crippen LogP contribution is 2.24. The SMILES string of the molecule is Cc1ccc(C)c(OCCCC(C)(C)C(=O)NC(=S)Nc2cccc(C(=O)NCc3ccco3)c2)c1. The molecule has 3 rings (SSSR count). The van der Waals surface area contributed by atoms with E-state index in [0.29, 0.717) is 36.6 Å². The number of aryl methyl sites for hydroxylation is 2. The smallest absolute Gasteiger partial charge is 0.251 e. The van der Waals surface area contributed by atoms with Crippen molar-refractivity contribution in [3.63, 3.8) is 0 Å². The number of hydrogen-bond acceptors (Lipinski definition) is 5. The van der Waals surface area contributed by atoms with Gasteiger partial charge in [-0.2, -0.15) is 0 Å². The van der Waals surface area contributed by atoms with E-state index in [1.807, 2.05) is 39.8 Å². The number of nitrogens with one attached hydrogen (secondary N) is 3. The molecule has 2 amide bonds. The molecule has 3 aromatic rings. The Bertz CT molecular complexity index is 1210. The van der Waals surface area contributed by atoms with Crippen LogP contribution in [-0.4, -0.2) is 23.5 Å². The zero-order chi connectivity index (χ0) is 26.1. The fraction of sp³-hybridized carbons (Fsp3) is 0.321. The van der Waals surface area contributed by atoms with Gasteiger partial charge in [0.05, 0.1) is 19.4 Å². The van der Waals surface area contributed by atoms with Crippen molar-refractivity contribution in [2.24, 2.45) is 5.41 Å². The first kappa shape index (κ1) is 26.9. The highest BCUT2D eigenvalue weighted by atomic mass is 32.1. The summed E-state index contributed by atoms with van der Waals surface area (Å²) >= 11 is 5.34. The molecule has 0 fully saturated rings. The highest BCUT2D eigenvalue weighted by Gasteiger charge is 2.28. The van der Waals surface area contributed by atoms with Crippen LogP contribution in [0.1, 0.15) is 53.9 Å². The van der Waals surface area contributed by atoms with E-state index in [9.17, 15) is 9.59 Å². The van der Waals surface area contributed by atoms with E-state index in [1.165, 1.54) is 0 Å². The first-order valence-electron chi connectivity index (χ1n) is 11.9. The molecule has 0 saturated heterocycles. The van der Waals surface area contributed by atoms with Gasteiger partial charge < -0.3 is 25.1 Å². The molecule has 0 aliphatic carbocycles. The third-order valence-corrected chi connectivity index (χ3v) is 5.98. The van der Waals surface area contributed by atoms with Gasteiger partial charge in [-0.05, 0) is 86.4 Å². The number of carbonyl (C=O) groups is 2. The maximum Gasteiger partial charge on any atom is 0.251 e. The predicted molar refractivity (Wildman–Crippen MR) is 145 cm³/mol. The van der Waals surface area contributed by atoms with Gasteiger partial charge in [0, 0.05) is 16.7 Å². The molecule has 1 heterocycles. The number of thiocarbonyl (C=S) groups is 1. The fourth-order valence-corrected chi connectivity index (χ4v) is 3.74. The number of ether oxygens (including phenoxy) is 1. The molecule has 0 unspecified atom stereocenters. The molecule has 0 aliphatic heterocycles. The Morgan fingerprint density at radius 1 is 1.06 bits per heavy atom. The van der Waals surface area contributed by atoms with E-state index >= 15 is 0 Å². The first-order chi connectivity index (χ1) is 17.1. The summed E-state index contributed by atoms with van der Waals surface area (Å²) in [4.78, 5) is 25.3.